The van der Waals surface area contributed by atoms with Gasteiger partial charge in [-0.2, -0.15) is 13.2 Å². The monoisotopic (exact) mass is 317 g/mol. The number of ether oxygens (including phenoxy) is 1. The molecule has 1 saturated heterocycles. The van der Waals surface area contributed by atoms with Gasteiger partial charge in [-0.1, -0.05) is 0 Å². The Morgan fingerprint density at radius 1 is 1.32 bits per heavy atom. The first-order valence-electron chi connectivity index (χ1n) is 7.47. The molecule has 0 bridgehead atoms. The molecule has 0 spiro atoms. The summed E-state index contributed by atoms with van der Waals surface area (Å²) in [6, 6.07) is 0. The third-order valence-electron chi connectivity index (χ3n) is 4.18. The van der Waals surface area contributed by atoms with Crippen LogP contribution in [0.15, 0.2) is 6.20 Å². The van der Waals surface area contributed by atoms with E-state index < -0.39 is 11.9 Å². The van der Waals surface area contributed by atoms with Gasteiger partial charge in [0, 0.05) is 19.0 Å². The Bertz CT molecular complexity index is 532. The van der Waals surface area contributed by atoms with Crippen molar-refractivity contribution in [3.8, 4) is 0 Å². The molecule has 0 aromatic carbocycles. The topological polar surface area (TPSA) is 58.2 Å². The fraction of sp³-hybridized carbons (Fsp3) is 0.714. The van der Waals surface area contributed by atoms with Gasteiger partial charge in [-0.25, -0.2) is 9.78 Å². The standard InChI is InChI=1S/C14H18F3N3O2/c15-14(16,17)11-7-18-12(19-11)10-3-5-20(6-4-10)13(21)22-8-9-1-2-9/h7,9-10H,1-6,8H2,(H,18,19). The maximum Gasteiger partial charge on any atom is 0.432 e. The molecule has 1 aliphatic heterocycles. The maximum atomic E-state index is 12.6. The highest BCUT2D eigenvalue weighted by molar-refractivity contribution is 5.67. The number of likely N-dealkylation sites (tertiary alicyclic amines) is 1. The van der Waals surface area contributed by atoms with Gasteiger partial charge in [0.05, 0.1) is 12.8 Å². The largest absolute Gasteiger partial charge is 0.449 e. The van der Waals surface area contributed by atoms with Crippen LogP contribution < -0.4 is 0 Å². The molecule has 1 saturated carbocycles. The van der Waals surface area contributed by atoms with Gasteiger partial charge in [0.2, 0.25) is 0 Å². The minimum Gasteiger partial charge on any atom is -0.449 e. The first-order chi connectivity index (χ1) is 10.4. The average molecular weight is 317 g/mol. The lowest BCUT2D eigenvalue weighted by molar-refractivity contribution is -0.141. The second-order valence-corrected chi connectivity index (χ2v) is 5.96. The molecule has 8 heteroatoms. The third kappa shape index (κ3) is 3.53. The van der Waals surface area contributed by atoms with E-state index in [9.17, 15) is 18.0 Å². The van der Waals surface area contributed by atoms with E-state index in [1.807, 2.05) is 0 Å². The average Bonchev–Trinajstić information content (AvgIpc) is 3.17. The predicted molar refractivity (Wildman–Crippen MR) is 71.2 cm³/mol. The van der Waals surface area contributed by atoms with Crippen molar-refractivity contribution in [3.63, 3.8) is 0 Å². The van der Waals surface area contributed by atoms with Crippen molar-refractivity contribution in [2.75, 3.05) is 19.7 Å². The number of hydrogen-bond acceptors (Lipinski definition) is 3. The number of nitrogens with zero attached hydrogens (tertiary/aromatic N) is 2. The predicted octanol–water partition coefficient (Wildman–Crippen LogP) is 3.15. The van der Waals surface area contributed by atoms with Crippen LogP contribution in [0.5, 0.6) is 0 Å². The molecule has 122 valence electrons. The number of imidazole rings is 1. The molecule has 0 atom stereocenters. The molecule has 3 rings (SSSR count). The molecule has 2 fully saturated rings. The Morgan fingerprint density at radius 3 is 2.55 bits per heavy atom. The Balaban J connectivity index is 1.50. The fourth-order valence-electron chi connectivity index (χ4n) is 2.59. The smallest absolute Gasteiger partial charge is 0.432 e. The number of carbonyl (C=O) groups is 1. The van der Waals surface area contributed by atoms with Crippen LogP contribution in [0.3, 0.4) is 0 Å². The second-order valence-electron chi connectivity index (χ2n) is 5.96. The molecule has 0 unspecified atom stereocenters. The zero-order valence-electron chi connectivity index (χ0n) is 12.0. The minimum absolute atomic E-state index is 0.0800. The summed E-state index contributed by atoms with van der Waals surface area (Å²) in [5.41, 5.74) is -0.825. The first kappa shape index (κ1) is 15.2. The van der Waals surface area contributed by atoms with E-state index in [-0.39, 0.29) is 12.0 Å². The molecule has 2 aliphatic rings. The molecule has 2 heterocycles. The summed E-state index contributed by atoms with van der Waals surface area (Å²) in [6.07, 6.45) is -0.484. The van der Waals surface area contributed by atoms with E-state index >= 15 is 0 Å². The number of H-pyrrole nitrogens is 1. The zero-order valence-corrected chi connectivity index (χ0v) is 12.0. The lowest BCUT2D eigenvalue weighted by Crippen LogP contribution is -2.38. The van der Waals surface area contributed by atoms with Crippen LogP contribution in [0.2, 0.25) is 0 Å². The number of rotatable bonds is 3. The molecule has 22 heavy (non-hydrogen) atoms. The summed E-state index contributed by atoms with van der Waals surface area (Å²) in [5.74, 6) is 0.785. The number of piperidine rings is 1. The number of aromatic nitrogens is 2. The molecule has 0 radical (unpaired) electrons. The SMILES string of the molecule is O=C(OCC1CC1)N1CCC(c2ncc(C(F)(F)F)[nH]2)CC1. The van der Waals surface area contributed by atoms with Crippen LogP contribution in [0.1, 0.15) is 43.1 Å². The zero-order chi connectivity index (χ0) is 15.7. The highest BCUT2D eigenvalue weighted by Crippen LogP contribution is 2.32. The van der Waals surface area contributed by atoms with Crippen molar-refractivity contribution < 1.29 is 22.7 Å². The van der Waals surface area contributed by atoms with Gasteiger partial charge in [0.25, 0.3) is 0 Å². The number of amides is 1. The van der Waals surface area contributed by atoms with Crippen LogP contribution >= 0.6 is 0 Å². The van der Waals surface area contributed by atoms with E-state index in [0.29, 0.717) is 44.3 Å². The van der Waals surface area contributed by atoms with Crippen molar-refractivity contribution in [1.82, 2.24) is 14.9 Å². The van der Waals surface area contributed by atoms with Gasteiger partial charge in [-0.15, -0.1) is 0 Å². The van der Waals surface area contributed by atoms with Crippen LogP contribution in [-0.2, 0) is 10.9 Å². The Hall–Kier alpha value is -1.73. The van der Waals surface area contributed by atoms with E-state index in [1.54, 1.807) is 4.90 Å². The summed E-state index contributed by atoms with van der Waals surface area (Å²) in [4.78, 5) is 19.6. The van der Waals surface area contributed by atoms with E-state index in [2.05, 4.69) is 9.97 Å². The molecule has 1 aromatic rings. The molecule has 1 amide bonds. The number of halogens is 3. The number of carbonyl (C=O) groups excluding carboxylic acids is 1. The number of hydrogen-bond donors (Lipinski definition) is 1. The summed E-state index contributed by atoms with van der Waals surface area (Å²) < 4.78 is 42.9. The van der Waals surface area contributed by atoms with E-state index in [0.717, 1.165) is 19.0 Å². The fourth-order valence-corrected chi connectivity index (χ4v) is 2.59. The number of aromatic amines is 1. The number of nitrogens with one attached hydrogen (secondary N) is 1. The molecular formula is C14H18F3N3O2. The van der Waals surface area contributed by atoms with Crippen molar-refractivity contribution >= 4 is 6.09 Å². The number of alkyl halides is 3. The first-order valence-corrected chi connectivity index (χ1v) is 7.47. The molecular weight excluding hydrogens is 299 g/mol. The Labute approximate surface area is 125 Å². The second kappa shape index (κ2) is 5.81. The summed E-state index contributed by atoms with van der Waals surface area (Å²) in [5, 5.41) is 0. The van der Waals surface area contributed by atoms with E-state index in [1.165, 1.54) is 0 Å². The van der Waals surface area contributed by atoms with Crippen LogP contribution in [-0.4, -0.2) is 40.7 Å². The van der Waals surface area contributed by atoms with Crippen molar-refractivity contribution in [1.29, 1.82) is 0 Å². The van der Waals surface area contributed by atoms with Gasteiger partial charge >= 0.3 is 12.3 Å². The van der Waals surface area contributed by atoms with Crippen molar-refractivity contribution in [2.24, 2.45) is 5.92 Å². The highest BCUT2D eigenvalue weighted by atomic mass is 19.4. The molecule has 1 aliphatic carbocycles. The maximum absolute atomic E-state index is 12.6. The summed E-state index contributed by atoms with van der Waals surface area (Å²) in [7, 11) is 0. The molecule has 1 N–H and O–H groups in total. The highest BCUT2D eigenvalue weighted by Gasteiger charge is 2.34. The minimum atomic E-state index is -4.40. The quantitative estimate of drug-likeness (QED) is 0.931. The van der Waals surface area contributed by atoms with Gasteiger partial charge < -0.3 is 14.6 Å². The van der Waals surface area contributed by atoms with Crippen LogP contribution in [0, 0.1) is 5.92 Å². The van der Waals surface area contributed by atoms with Crippen molar-refractivity contribution in [2.45, 2.75) is 37.8 Å². The molecule has 1 aromatic heterocycles. The van der Waals surface area contributed by atoms with E-state index in [4.69, 9.17) is 4.74 Å². The summed E-state index contributed by atoms with van der Waals surface area (Å²) >= 11 is 0. The Morgan fingerprint density at radius 2 is 2.00 bits per heavy atom. The van der Waals surface area contributed by atoms with Crippen molar-refractivity contribution in [3.05, 3.63) is 17.7 Å². The Kier molecular flexibility index (Phi) is 4.01. The van der Waals surface area contributed by atoms with Crippen LogP contribution in [0.25, 0.3) is 0 Å². The van der Waals surface area contributed by atoms with Gasteiger partial charge in [-0.05, 0) is 31.6 Å². The van der Waals surface area contributed by atoms with Gasteiger partial charge in [0.1, 0.15) is 11.5 Å². The third-order valence-corrected chi connectivity index (χ3v) is 4.18. The molecule has 5 nitrogen and oxygen atoms in total. The summed E-state index contributed by atoms with van der Waals surface area (Å²) in [6.45, 7) is 1.44. The lowest BCUT2D eigenvalue weighted by Gasteiger charge is -2.30. The normalized spacial score (nSPS) is 20.2. The van der Waals surface area contributed by atoms with Crippen LogP contribution in [0.4, 0.5) is 18.0 Å². The lowest BCUT2D eigenvalue weighted by atomic mass is 9.96. The van der Waals surface area contributed by atoms with Gasteiger partial charge in [-0.3, -0.25) is 0 Å². The van der Waals surface area contributed by atoms with Gasteiger partial charge in [0.15, 0.2) is 0 Å².